The third-order valence-electron chi connectivity index (χ3n) is 8.52. The molecule has 0 bridgehead atoms. The fourth-order valence-electron chi connectivity index (χ4n) is 5.65. The number of carbonyl (C=O) groups is 4. The number of esters is 1. The van der Waals surface area contributed by atoms with Crippen LogP contribution in [0.3, 0.4) is 0 Å². The predicted octanol–water partition coefficient (Wildman–Crippen LogP) is 3.66. The van der Waals surface area contributed by atoms with Crippen LogP contribution < -0.4 is 26.4 Å². The number of unbranched alkanes of at least 4 members (excludes halogenated alkanes) is 2. The Morgan fingerprint density at radius 1 is 1.00 bits per heavy atom. The summed E-state index contributed by atoms with van der Waals surface area (Å²) in [6.45, 7) is 16.3. The average molecular weight is 676 g/mol. The third-order valence-corrected chi connectivity index (χ3v) is 9.07. The maximum absolute atomic E-state index is 13.8. The van der Waals surface area contributed by atoms with Crippen LogP contribution in [0.4, 0.5) is 0 Å². The Bertz CT molecular complexity index is 1200. The van der Waals surface area contributed by atoms with Crippen LogP contribution in [0.1, 0.15) is 92.6 Å². The van der Waals surface area contributed by atoms with E-state index in [2.05, 4.69) is 22.9 Å². The summed E-state index contributed by atoms with van der Waals surface area (Å²) < 4.78 is 10.8. The van der Waals surface area contributed by atoms with Gasteiger partial charge in [0.1, 0.15) is 17.8 Å². The second-order valence-electron chi connectivity index (χ2n) is 14.0. The molecule has 1 saturated heterocycles. The number of hydrogen-bond donors (Lipinski definition) is 4. The molecule has 0 aromatic heterocycles. The molecule has 11 nitrogen and oxygen atoms in total. The average Bonchev–Trinajstić information content (AvgIpc) is 2.99. The van der Waals surface area contributed by atoms with Gasteiger partial charge in [-0.2, -0.15) is 0 Å². The monoisotopic (exact) mass is 675 g/mol. The maximum Gasteiger partial charge on any atom is 0.325 e. The molecule has 0 radical (unpaired) electrons. The van der Waals surface area contributed by atoms with Crippen molar-refractivity contribution in [3.05, 3.63) is 29.8 Å². The number of thiocarbonyl (C=S) groups is 1. The third kappa shape index (κ3) is 14.3. The van der Waals surface area contributed by atoms with E-state index in [-0.39, 0.29) is 36.7 Å². The van der Waals surface area contributed by atoms with Gasteiger partial charge >= 0.3 is 5.97 Å². The summed E-state index contributed by atoms with van der Waals surface area (Å²) in [6, 6.07) is 5.15. The maximum atomic E-state index is 13.8. The van der Waals surface area contributed by atoms with Crippen LogP contribution in [0.2, 0.25) is 0 Å². The first-order chi connectivity index (χ1) is 22.1. The summed E-state index contributed by atoms with van der Waals surface area (Å²) in [5.74, 6) is -1.12. The molecule has 5 N–H and O–H groups in total. The summed E-state index contributed by atoms with van der Waals surface area (Å²) in [6.07, 6.45) is 4.25. The lowest BCUT2D eigenvalue weighted by Gasteiger charge is -2.37. The molecule has 3 atom stereocenters. The SMILES string of the molecule is CCCCCC(=O)NC(Cc1ccc(OC(=O)CN2CCOCC2)cc1)C(=O)NC(C(=O)NC(C)(C)CC(C)(C)C(N)=S)C(C)CC. The van der Waals surface area contributed by atoms with Gasteiger partial charge in [-0.3, -0.25) is 24.1 Å². The number of rotatable bonds is 19. The number of benzene rings is 1. The molecule has 12 heteroatoms. The Labute approximate surface area is 286 Å². The molecule has 47 heavy (non-hydrogen) atoms. The van der Waals surface area contributed by atoms with Gasteiger partial charge < -0.3 is 31.2 Å². The number of amides is 3. The summed E-state index contributed by atoms with van der Waals surface area (Å²) in [5, 5.41) is 8.94. The van der Waals surface area contributed by atoms with Gasteiger partial charge in [0.15, 0.2) is 0 Å². The molecule has 1 aromatic carbocycles. The van der Waals surface area contributed by atoms with Crippen molar-refractivity contribution < 1.29 is 28.7 Å². The predicted molar refractivity (Wildman–Crippen MR) is 188 cm³/mol. The summed E-state index contributed by atoms with van der Waals surface area (Å²) in [5.41, 5.74) is 5.57. The Morgan fingerprint density at radius 2 is 1.64 bits per heavy atom. The molecule has 1 aliphatic heterocycles. The normalized spacial score (nSPS) is 16.0. The first-order valence-corrected chi connectivity index (χ1v) is 17.3. The molecule has 1 fully saturated rings. The second-order valence-corrected chi connectivity index (χ2v) is 14.4. The van der Waals surface area contributed by atoms with Gasteiger partial charge in [0, 0.05) is 36.9 Å². The lowest BCUT2D eigenvalue weighted by atomic mass is 9.79. The zero-order valence-electron chi connectivity index (χ0n) is 29.4. The molecule has 2 rings (SSSR count). The number of hydrogen-bond acceptors (Lipinski definition) is 8. The molecule has 1 heterocycles. The van der Waals surface area contributed by atoms with E-state index in [9.17, 15) is 19.2 Å². The molecule has 1 aromatic rings. The van der Waals surface area contributed by atoms with Crippen molar-refractivity contribution in [3.63, 3.8) is 0 Å². The fourth-order valence-corrected chi connectivity index (χ4v) is 5.72. The molecule has 0 spiro atoms. The van der Waals surface area contributed by atoms with Crippen molar-refractivity contribution in [2.45, 2.75) is 111 Å². The molecule has 3 unspecified atom stereocenters. The van der Waals surface area contributed by atoms with Crippen LogP contribution >= 0.6 is 12.2 Å². The van der Waals surface area contributed by atoms with Gasteiger partial charge in [0.2, 0.25) is 17.7 Å². The lowest BCUT2D eigenvalue weighted by Crippen LogP contribution is -2.59. The zero-order valence-corrected chi connectivity index (χ0v) is 30.2. The van der Waals surface area contributed by atoms with Gasteiger partial charge in [-0.15, -0.1) is 0 Å². The Hall–Kier alpha value is -3.09. The minimum atomic E-state index is -0.917. The van der Waals surface area contributed by atoms with E-state index in [1.165, 1.54) is 0 Å². The van der Waals surface area contributed by atoms with Gasteiger partial charge in [0.25, 0.3) is 0 Å². The van der Waals surface area contributed by atoms with Crippen molar-refractivity contribution in [1.29, 1.82) is 0 Å². The highest BCUT2D eigenvalue weighted by atomic mass is 32.1. The summed E-state index contributed by atoms with van der Waals surface area (Å²) in [4.78, 5) is 55.1. The van der Waals surface area contributed by atoms with E-state index in [1.54, 1.807) is 24.3 Å². The minimum Gasteiger partial charge on any atom is -0.426 e. The number of ether oxygens (including phenoxy) is 2. The molecule has 0 aliphatic carbocycles. The number of nitrogens with two attached hydrogens (primary N) is 1. The number of carbonyl (C=O) groups excluding carboxylic acids is 4. The minimum absolute atomic E-state index is 0.175. The van der Waals surface area contributed by atoms with Crippen LogP contribution in [0.15, 0.2) is 24.3 Å². The van der Waals surface area contributed by atoms with Crippen molar-refractivity contribution in [1.82, 2.24) is 20.9 Å². The highest BCUT2D eigenvalue weighted by molar-refractivity contribution is 7.80. The van der Waals surface area contributed by atoms with E-state index in [0.717, 1.165) is 24.8 Å². The molecule has 0 saturated carbocycles. The zero-order chi connectivity index (χ0) is 35.2. The quantitative estimate of drug-likeness (QED) is 0.0745. The van der Waals surface area contributed by atoms with E-state index >= 15 is 0 Å². The molecular formula is C35H57N5O6S. The van der Waals surface area contributed by atoms with E-state index < -0.39 is 28.9 Å². The van der Waals surface area contributed by atoms with Gasteiger partial charge in [-0.25, -0.2) is 0 Å². The van der Waals surface area contributed by atoms with E-state index in [0.29, 0.717) is 56.3 Å². The van der Waals surface area contributed by atoms with E-state index in [1.807, 2.05) is 46.4 Å². The fraction of sp³-hybridized carbons (Fsp3) is 0.686. The number of nitrogens with zero attached hydrogens (tertiary/aromatic N) is 1. The van der Waals surface area contributed by atoms with Crippen LogP contribution in [0.5, 0.6) is 5.75 Å². The Kier molecular flexibility index (Phi) is 16.2. The Balaban J connectivity index is 2.18. The lowest BCUT2D eigenvalue weighted by molar-refractivity contribution is -0.136. The molecule has 1 aliphatic rings. The van der Waals surface area contributed by atoms with E-state index in [4.69, 9.17) is 27.4 Å². The van der Waals surface area contributed by atoms with Crippen molar-refractivity contribution in [2.75, 3.05) is 32.8 Å². The van der Waals surface area contributed by atoms with Gasteiger partial charge in [-0.1, -0.05) is 78.2 Å². The van der Waals surface area contributed by atoms with Crippen LogP contribution in [-0.2, 0) is 30.3 Å². The number of morpholine rings is 1. The first-order valence-electron chi connectivity index (χ1n) is 16.9. The molecular weight excluding hydrogens is 618 g/mol. The topological polar surface area (TPSA) is 152 Å². The van der Waals surface area contributed by atoms with Crippen LogP contribution in [0, 0.1) is 11.3 Å². The summed E-state index contributed by atoms with van der Waals surface area (Å²) >= 11 is 5.23. The molecule has 3 amide bonds. The second kappa shape index (κ2) is 19.0. The standard InChI is InChI=1S/C35H57N5O6S/c1-8-10-11-12-28(41)37-27(21-25-13-15-26(16-14-25)46-29(42)22-40-17-19-45-20-18-40)31(43)38-30(24(3)9-2)32(44)39-35(6,7)23-34(4,5)33(36)47/h13-16,24,27,30H,8-12,17-23H2,1-7H3,(H2,36,47)(H,37,41)(H,38,43)(H,39,44). The van der Waals surface area contributed by atoms with Crippen molar-refractivity contribution >= 4 is 40.9 Å². The van der Waals surface area contributed by atoms with Crippen molar-refractivity contribution in [3.8, 4) is 5.75 Å². The highest BCUT2D eigenvalue weighted by Crippen LogP contribution is 2.28. The summed E-state index contributed by atoms with van der Waals surface area (Å²) in [7, 11) is 0. The van der Waals surface area contributed by atoms with Crippen LogP contribution in [-0.4, -0.2) is 84.0 Å². The van der Waals surface area contributed by atoms with Crippen molar-refractivity contribution in [2.24, 2.45) is 17.1 Å². The number of nitrogens with one attached hydrogen (secondary N) is 3. The van der Waals surface area contributed by atoms with Gasteiger partial charge in [0.05, 0.1) is 24.7 Å². The Morgan fingerprint density at radius 3 is 2.21 bits per heavy atom. The molecule has 264 valence electrons. The van der Waals surface area contributed by atoms with Gasteiger partial charge in [-0.05, 0) is 50.3 Å². The highest BCUT2D eigenvalue weighted by Gasteiger charge is 2.36. The first kappa shape index (κ1) is 40.1. The largest absolute Gasteiger partial charge is 0.426 e. The van der Waals surface area contributed by atoms with Crippen LogP contribution in [0.25, 0.3) is 0 Å². The smallest absolute Gasteiger partial charge is 0.325 e.